The van der Waals surface area contributed by atoms with Gasteiger partial charge in [-0.3, -0.25) is 4.98 Å². The van der Waals surface area contributed by atoms with Crippen molar-refractivity contribution in [3.8, 4) is 28.1 Å². The van der Waals surface area contributed by atoms with Crippen LogP contribution >= 0.6 is 0 Å². The van der Waals surface area contributed by atoms with E-state index >= 15 is 0 Å². The minimum atomic E-state index is 0.111. The van der Waals surface area contributed by atoms with Gasteiger partial charge in [0.1, 0.15) is 5.75 Å². The normalized spacial score (nSPS) is 11.4. The highest BCUT2D eigenvalue weighted by Gasteiger charge is 2.14. The van der Waals surface area contributed by atoms with Crippen LogP contribution in [0.15, 0.2) is 66.9 Å². The molecule has 1 N–H and O–H groups in total. The summed E-state index contributed by atoms with van der Waals surface area (Å²) in [6, 6.07) is 19.7. The van der Waals surface area contributed by atoms with Gasteiger partial charge in [-0.1, -0.05) is 69.3 Å². The Balaban J connectivity index is 1.89. The van der Waals surface area contributed by atoms with Crippen molar-refractivity contribution in [2.24, 2.45) is 0 Å². The molecule has 23 heavy (non-hydrogen) atoms. The molecule has 0 radical (unpaired) electrons. The van der Waals surface area contributed by atoms with Gasteiger partial charge in [-0.25, -0.2) is 0 Å². The maximum Gasteiger partial charge on any atom is 0.123 e. The molecule has 0 spiro atoms. The van der Waals surface area contributed by atoms with Crippen molar-refractivity contribution in [3.05, 3.63) is 72.4 Å². The van der Waals surface area contributed by atoms with Gasteiger partial charge >= 0.3 is 0 Å². The summed E-state index contributed by atoms with van der Waals surface area (Å²) in [5.41, 5.74) is 5.21. The Hall–Kier alpha value is -2.61. The summed E-state index contributed by atoms with van der Waals surface area (Å²) in [4.78, 5) is 4.59. The Kier molecular flexibility index (Phi) is 3.91. The van der Waals surface area contributed by atoms with E-state index in [1.165, 1.54) is 5.56 Å². The number of aromatic nitrogens is 1. The van der Waals surface area contributed by atoms with Crippen LogP contribution in [0.5, 0.6) is 5.75 Å². The maximum atomic E-state index is 9.94. The molecule has 0 saturated carbocycles. The second-order valence-electron chi connectivity index (χ2n) is 6.78. The zero-order valence-electron chi connectivity index (χ0n) is 13.7. The number of hydrogen-bond donors (Lipinski definition) is 1. The third kappa shape index (κ3) is 3.26. The lowest BCUT2D eigenvalue weighted by molar-refractivity contribution is 0.477. The number of phenols is 1. The number of nitrogens with zero attached hydrogens (tertiary/aromatic N) is 1. The van der Waals surface area contributed by atoms with Gasteiger partial charge in [0, 0.05) is 17.3 Å². The topological polar surface area (TPSA) is 33.1 Å². The van der Waals surface area contributed by atoms with E-state index in [1.807, 2.05) is 48.7 Å². The van der Waals surface area contributed by atoms with Crippen LogP contribution < -0.4 is 0 Å². The van der Waals surface area contributed by atoms with Crippen LogP contribution in [0.25, 0.3) is 22.4 Å². The van der Waals surface area contributed by atoms with Crippen molar-refractivity contribution in [2.75, 3.05) is 0 Å². The van der Waals surface area contributed by atoms with Gasteiger partial charge in [-0.15, -0.1) is 0 Å². The van der Waals surface area contributed by atoms with E-state index in [2.05, 4.69) is 37.9 Å². The summed E-state index contributed by atoms with van der Waals surface area (Å²) in [7, 11) is 0. The largest absolute Gasteiger partial charge is 0.507 e. The van der Waals surface area contributed by atoms with E-state index < -0.39 is 0 Å². The molecule has 0 unspecified atom stereocenters. The number of rotatable bonds is 2. The van der Waals surface area contributed by atoms with Gasteiger partial charge in [0.25, 0.3) is 0 Å². The molecule has 0 amide bonds. The maximum absolute atomic E-state index is 9.94. The Morgan fingerprint density at radius 3 is 2.00 bits per heavy atom. The fraction of sp³-hybridized carbons (Fsp3) is 0.190. The first-order chi connectivity index (χ1) is 10.9. The molecular weight excluding hydrogens is 282 g/mol. The highest BCUT2D eigenvalue weighted by molar-refractivity contribution is 5.72. The fourth-order valence-corrected chi connectivity index (χ4v) is 2.55. The van der Waals surface area contributed by atoms with E-state index in [1.54, 1.807) is 6.07 Å². The van der Waals surface area contributed by atoms with Crippen LogP contribution in [0.3, 0.4) is 0 Å². The predicted octanol–water partition coefficient (Wildman–Crippen LogP) is 5.42. The second-order valence-corrected chi connectivity index (χ2v) is 6.78. The summed E-state index contributed by atoms with van der Waals surface area (Å²) in [6.07, 6.45) is 1.95. The minimum absolute atomic E-state index is 0.111. The number of pyridine rings is 1. The van der Waals surface area contributed by atoms with Crippen LogP contribution in [0.4, 0.5) is 0 Å². The van der Waals surface area contributed by atoms with Crippen molar-refractivity contribution in [1.82, 2.24) is 4.98 Å². The monoisotopic (exact) mass is 303 g/mol. The Morgan fingerprint density at radius 2 is 1.43 bits per heavy atom. The van der Waals surface area contributed by atoms with E-state index in [0.717, 1.165) is 22.4 Å². The van der Waals surface area contributed by atoms with Crippen LogP contribution in [0.2, 0.25) is 0 Å². The molecule has 2 nitrogen and oxygen atoms in total. The average Bonchev–Trinajstić information content (AvgIpc) is 2.55. The van der Waals surface area contributed by atoms with Gasteiger partial charge in [-0.05, 0) is 28.7 Å². The molecule has 0 aliphatic heterocycles. The summed E-state index contributed by atoms with van der Waals surface area (Å²) in [6.45, 7) is 6.56. The highest BCUT2D eigenvalue weighted by atomic mass is 16.3. The molecule has 3 aromatic rings. The van der Waals surface area contributed by atoms with Crippen LogP contribution in [0, 0.1) is 0 Å². The zero-order valence-corrected chi connectivity index (χ0v) is 13.7. The summed E-state index contributed by atoms with van der Waals surface area (Å²) in [5, 5.41) is 9.94. The molecule has 0 fully saturated rings. The molecule has 0 aliphatic rings. The van der Waals surface area contributed by atoms with E-state index in [-0.39, 0.29) is 5.41 Å². The van der Waals surface area contributed by atoms with Crippen LogP contribution in [-0.4, -0.2) is 10.1 Å². The zero-order chi connectivity index (χ0) is 16.4. The van der Waals surface area contributed by atoms with Gasteiger partial charge in [0.15, 0.2) is 0 Å². The van der Waals surface area contributed by atoms with Crippen molar-refractivity contribution in [3.63, 3.8) is 0 Å². The van der Waals surface area contributed by atoms with Crippen LogP contribution in [0.1, 0.15) is 26.3 Å². The number of benzene rings is 2. The van der Waals surface area contributed by atoms with Gasteiger partial charge in [0.2, 0.25) is 0 Å². The molecule has 0 atom stereocenters. The van der Waals surface area contributed by atoms with E-state index in [9.17, 15) is 5.11 Å². The van der Waals surface area contributed by atoms with E-state index in [0.29, 0.717) is 5.75 Å². The van der Waals surface area contributed by atoms with Crippen molar-refractivity contribution in [1.29, 1.82) is 0 Å². The molecule has 0 aliphatic carbocycles. The summed E-state index contributed by atoms with van der Waals surface area (Å²) < 4.78 is 0. The number of hydrogen-bond acceptors (Lipinski definition) is 2. The van der Waals surface area contributed by atoms with E-state index in [4.69, 9.17) is 0 Å². The lowest BCUT2D eigenvalue weighted by atomic mass is 9.88. The molecular formula is C21H21NO. The molecule has 0 bridgehead atoms. The average molecular weight is 303 g/mol. The first-order valence-corrected chi connectivity index (χ1v) is 7.80. The lowest BCUT2D eigenvalue weighted by Crippen LogP contribution is -2.11. The van der Waals surface area contributed by atoms with Crippen LogP contribution in [-0.2, 0) is 5.41 Å². The number of phenolic OH excluding ortho intramolecular Hbond substituents is 1. The molecule has 1 aromatic heterocycles. The first-order valence-electron chi connectivity index (χ1n) is 7.80. The summed E-state index contributed by atoms with van der Waals surface area (Å²) in [5.74, 6) is 0.299. The minimum Gasteiger partial charge on any atom is -0.507 e. The molecule has 3 rings (SSSR count). The van der Waals surface area contributed by atoms with Gasteiger partial charge in [0.05, 0.1) is 5.69 Å². The lowest BCUT2D eigenvalue weighted by Gasteiger charge is -2.18. The number of aromatic hydroxyl groups is 1. The van der Waals surface area contributed by atoms with Gasteiger partial charge in [-0.2, -0.15) is 0 Å². The van der Waals surface area contributed by atoms with Gasteiger partial charge < -0.3 is 5.11 Å². The predicted molar refractivity (Wildman–Crippen MR) is 95.5 cm³/mol. The Labute approximate surface area is 137 Å². The number of para-hydroxylation sites is 1. The standard InChI is InChI=1S/C21H21NO/c1-21(2,3)17-12-13-19(22-14-17)16-10-8-15(9-11-16)18-6-4-5-7-20(18)23/h4-14,23H,1-3H3. The molecule has 2 heteroatoms. The fourth-order valence-electron chi connectivity index (χ4n) is 2.55. The highest BCUT2D eigenvalue weighted by Crippen LogP contribution is 2.30. The molecule has 2 aromatic carbocycles. The molecule has 0 saturated heterocycles. The Morgan fingerprint density at radius 1 is 0.783 bits per heavy atom. The van der Waals surface area contributed by atoms with Crippen molar-refractivity contribution < 1.29 is 5.11 Å². The summed E-state index contributed by atoms with van der Waals surface area (Å²) >= 11 is 0. The van der Waals surface area contributed by atoms with Crippen molar-refractivity contribution in [2.45, 2.75) is 26.2 Å². The second kappa shape index (κ2) is 5.88. The first kappa shape index (κ1) is 15.3. The molecule has 116 valence electrons. The smallest absolute Gasteiger partial charge is 0.123 e. The SMILES string of the molecule is CC(C)(C)c1ccc(-c2ccc(-c3ccccc3O)cc2)nc1. The van der Waals surface area contributed by atoms with Crippen molar-refractivity contribution >= 4 is 0 Å². The third-order valence-electron chi connectivity index (χ3n) is 4.03. The molecule has 1 heterocycles. The Bertz CT molecular complexity index is 796. The third-order valence-corrected chi connectivity index (χ3v) is 4.03. The quantitative estimate of drug-likeness (QED) is 0.686.